The van der Waals surface area contributed by atoms with Crippen LogP contribution in [0.4, 0.5) is 4.79 Å². The van der Waals surface area contributed by atoms with Gasteiger partial charge in [-0.15, -0.1) is 0 Å². The predicted octanol–water partition coefficient (Wildman–Crippen LogP) is 2.42. The van der Waals surface area contributed by atoms with Crippen molar-refractivity contribution in [2.45, 2.75) is 13.1 Å². The summed E-state index contributed by atoms with van der Waals surface area (Å²) in [6.45, 7) is 4.68. The van der Waals surface area contributed by atoms with E-state index in [-0.39, 0.29) is 11.8 Å². The lowest BCUT2D eigenvalue weighted by Crippen LogP contribution is -2.51. The second kappa shape index (κ2) is 7.84. The molecule has 0 atom stereocenters. The molecule has 0 spiro atoms. The van der Waals surface area contributed by atoms with Gasteiger partial charge in [0, 0.05) is 39.3 Å². The van der Waals surface area contributed by atoms with Crippen LogP contribution in [0.3, 0.4) is 0 Å². The molecule has 1 aliphatic heterocycles. The Morgan fingerprint density at radius 3 is 2.25 bits per heavy atom. The first-order chi connectivity index (χ1) is 11.7. The summed E-state index contributed by atoms with van der Waals surface area (Å²) in [7, 11) is 0. The first-order valence-electron chi connectivity index (χ1n) is 8.28. The molecule has 1 saturated heterocycles. The maximum atomic E-state index is 12.3. The third kappa shape index (κ3) is 4.49. The fourth-order valence-electron chi connectivity index (χ4n) is 2.85. The van der Waals surface area contributed by atoms with E-state index < -0.39 is 0 Å². The quantitative estimate of drug-likeness (QED) is 0.908. The van der Waals surface area contributed by atoms with Gasteiger partial charge in [0.25, 0.3) is 0 Å². The highest BCUT2D eigenvalue weighted by Gasteiger charge is 2.20. The molecule has 2 amide bonds. The lowest BCUT2D eigenvalue weighted by molar-refractivity contribution is 0.135. The van der Waals surface area contributed by atoms with Crippen LogP contribution in [0.2, 0.25) is 0 Å². The van der Waals surface area contributed by atoms with Gasteiger partial charge in [0.2, 0.25) is 0 Å². The number of hydrogen-bond acceptors (Lipinski definition) is 3. The Kier molecular flexibility index (Phi) is 5.33. The molecular formula is C19H23N3O2. The lowest BCUT2D eigenvalue weighted by Gasteiger charge is -2.34. The van der Waals surface area contributed by atoms with Gasteiger partial charge in [-0.1, -0.05) is 42.5 Å². The van der Waals surface area contributed by atoms with Gasteiger partial charge in [-0.25, -0.2) is 4.79 Å². The molecule has 1 heterocycles. The number of urea groups is 1. The third-order valence-electron chi connectivity index (χ3n) is 4.29. The van der Waals surface area contributed by atoms with Crippen molar-refractivity contribution >= 4 is 6.03 Å². The van der Waals surface area contributed by atoms with Crippen molar-refractivity contribution in [3.8, 4) is 5.75 Å². The van der Waals surface area contributed by atoms with Crippen LogP contribution in [0.5, 0.6) is 5.75 Å². The number of rotatable bonds is 4. The van der Waals surface area contributed by atoms with Crippen LogP contribution in [0, 0.1) is 0 Å². The van der Waals surface area contributed by atoms with Crippen LogP contribution >= 0.6 is 0 Å². The molecule has 1 fully saturated rings. The summed E-state index contributed by atoms with van der Waals surface area (Å²) in [6.07, 6.45) is 0. The van der Waals surface area contributed by atoms with E-state index in [1.165, 1.54) is 5.56 Å². The number of amides is 2. The van der Waals surface area contributed by atoms with Crippen LogP contribution in [0.1, 0.15) is 11.1 Å². The Bertz CT molecular complexity index is 650. The number of phenols is 1. The SMILES string of the molecule is O=C(NCc1ccc(O)cc1)N1CCN(Cc2ccccc2)CC1. The van der Waals surface area contributed by atoms with Crippen LogP contribution < -0.4 is 5.32 Å². The molecule has 1 aliphatic rings. The Labute approximate surface area is 142 Å². The molecule has 0 saturated carbocycles. The first-order valence-corrected chi connectivity index (χ1v) is 8.28. The largest absolute Gasteiger partial charge is 0.508 e. The van der Waals surface area contributed by atoms with E-state index >= 15 is 0 Å². The fourth-order valence-corrected chi connectivity index (χ4v) is 2.85. The average molecular weight is 325 g/mol. The van der Waals surface area contributed by atoms with Gasteiger partial charge >= 0.3 is 6.03 Å². The predicted molar refractivity (Wildman–Crippen MR) is 93.6 cm³/mol. The average Bonchev–Trinajstić information content (AvgIpc) is 2.62. The molecule has 3 rings (SSSR count). The van der Waals surface area contributed by atoms with Crippen molar-refractivity contribution < 1.29 is 9.90 Å². The molecular weight excluding hydrogens is 302 g/mol. The van der Waals surface area contributed by atoms with Crippen LogP contribution in [0.25, 0.3) is 0 Å². The summed E-state index contributed by atoms with van der Waals surface area (Å²) in [5.74, 6) is 0.236. The molecule has 0 bridgehead atoms. The van der Waals surface area contributed by atoms with Crippen LogP contribution in [0.15, 0.2) is 54.6 Å². The lowest BCUT2D eigenvalue weighted by atomic mass is 10.2. The van der Waals surface area contributed by atoms with Crippen molar-refractivity contribution in [3.05, 3.63) is 65.7 Å². The number of benzene rings is 2. The van der Waals surface area contributed by atoms with E-state index in [1.54, 1.807) is 12.1 Å². The summed E-state index contributed by atoms with van der Waals surface area (Å²) in [5, 5.41) is 12.2. The van der Waals surface area contributed by atoms with Gasteiger partial charge in [0.05, 0.1) is 0 Å². The van der Waals surface area contributed by atoms with E-state index in [9.17, 15) is 9.90 Å². The highest BCUT2D eigenvalue weighted by Crippen LogP contribution is 2.10. The summed E-state index contributed by atoms with van der Waals surface area (Å²) < 4.78 is 0. The molecule has 126 valence electrons. The van der Waals surface area contributed by atoms with E-state index in [2.05, 4.69) is 34.5 Å². The molecule has 0 radical (unpaired) electrons. The summed E-state index contributed by atoms with van der Waals surface area (Å²) in [5.41, 5.74) is 2.28. The van der Waals surface area contributed by atoms with Crippen LogP contribution in [-0.2, 0) is 13.1 Å². The zero-order valence-electron chi connectivity index (χ0n) is 13.7. The Morgan fingerprint density at radius 2 is 1.58 bits per heavy atom. The van der Waals surface area contributed by atoms with Gasteiger partial charge in [-0.3, -0.25) is 4.90 Å². The van der Waals surface area contributed by atoms with Crippen molar-refractivity contribution in [2.75, 3.05) is 26.2 Å². The Hall–Kier alpha value is -2.53. The highest BCUT2D eigenvalue weighted by molar-refractivity contribution is 5.74. The number of piperazine rings is 1. The van der Waals surface area contributed by atoms with Gasteiger partial charge < -0.3 is 15.3 Å². The first kappa shape index (κ1) is 16.3. The Balaban J connectivity index is 1.42. The number of phenolic OH excluding ortho intramolecular Hbond substituents is 1. The second-order valence-corrected chi connectivity index (χ2v) is 6.07. The van der Waals surface area contributed by atoms with Crippen molar-refractivity contribution in [3.63, 3.8) is 0 Å². The summed E-state index contributed by atoms with van der Waals surface area (Å²) >= 11 is 0. The third-order valence-corrected chi connectivity index (χ3v) is 4.29. The topological polar surface area (TPSA) is 55.8 Å². The number of nitrogens with zero attached hydrogens (tertiary/aromatic N) is 2. The monoisotopic (exact) mass is 325 g/mol. The summed E-state index contributed by atoms with van der Waals surface area (Å²) in [6, 6.07) is 17.3. The zero-order valence-corrected chi connectivity index (χ0v) is 13.7. The minimum atomic E-state index is -0.0255. The van der Waals surface area contributed by atoms with Crippen molar-refractivity contribution in [1.82, 2.24) is 15.1 Å². The van der Waals surface area contributed by atoms with Crippen molar-refractivity contribution in [1.29, 1.82) is 0 Å². The number of aromatic hydroxyl groups is 1. The number of hydrogen-bond donors (Lipinski definition) is 2. The second-order valence-electron chi connectivity index (χ2n) is 6.07. The zero-order chi connectivity index (χ0) is 16.8. The minimum absolute atomic E-state index is 0.0255. The van der Waals surface area contributed by atoms with Crippen molar-refractivity contribution in [2.24, 2.45) is 0 Å². The number of nitrogens with one attached hydrogen (secondary N) is 1. The number of carbonyl (C=O) groups is 1. The van der Waals surface area contributed by atoms with E-state index in [0.717, 1.165) is 38.3 Å². The van der Waals surface area contributed by atoms with Gasteiger partial charge in [-0.05, 0) is 23.3 Å². The van der Waals surface area contributed by atoms with Crippen LogP contribution in [-0.4, -0.2) is 47.1 Å². The molecule has 5 heteroatoms. The highest BCUT2D eigenvalue weighted by atomic mass is 16.3. The maximum absolute atomic E-state index is 12.3. The molecule has 0 aliphatic carbocycles. The minimum Gasteiger partial charge on any atom is -0.508 e. The van der Waals surface area contributed by atoms with Gasteiger partial charge in [0.1, 0.15) is 5.75 Å². The van der Waals surface area contributed by atoms with E-state index in [0.29, 0.717) is 6.54 Å². The molecule has 0 aromatic heterocycles. The van der Waals surface area contributed by atoms with Gasteiger partial charge in [-0.2, -0.15) is 0 Å². The standard InChI is InChI=1S/C19H23N3O2/c23-18-8-6-16(7-9-18)14-20-19(24)22-12-10-21(11-13-22)15-17-4-2-1-3-5-17/h1-9,23H,10-15H2,(H,20,24). The molecule has 2 N–H and O–H groups in total. The fraction of sp³-hybridized carbons (Fsp3) is 0.316. The van der Waals surface area contributed by atoms with Gasteiger partial charge in [0.15, 0.2) is 0 Å². The smallest absolute Gasteiger partial charge is 0.317 e. The summed E-state index contributed by atoms with van der Waals surface area (Å²) in [4.78, 5) is 16.5. The normalized spacial score (nSPS) is 15.2. The Morgan fingerprint density at radius 1 is 0.917 bits per heavy atom. The molecule has 0 unspecified atom stereocenters. The number of carbonyl (C=O) groups excluding carboxylic acids is 1. The van der Waals surface area contributed by atoms with E-state index in [4.69, 9.17) is 0 Å². The van der Waals surface area contributed by atoms with E-state index in [1.807, 2.05) is 23.1 Å². The molecule has 5 nitrogen and oxygen atoms in total. The maximum Gasteiger partial charge on any atom is 0.317 e. The molecule has 2 aromatic carbocycles. The molecule has 24 heavy (non-hydrogen) atoms. The molecule has 2 aromatic rings.